The van der Waals surface area contributed by atoms with Crippen molar-refractivity contribution in [1.82, 2.24) is 14.9 Å². The molecule has 2 aliphatic heterocycles. The number of amides is 1. The Bertz CT molecular complexity index is 1200. The third kappa shape index (κ3) is 3.66. The third-order valence-corrected chi connectivity index (χ3v) is 6.67. The summed E-state index contributed by atoms with van der Waals surface area (Å²) in [5.41, 5.74) is 9.65. The molecule has 1 saturated heterocycles. The number of aromatic nitrogens is 2. The average molecular weight is 476 g/mol. The van der Waals surface area contributed by atoms with Gasteiger partial charge in [0.15, 0.2) is 11.7 Å². The number of hydrogen-bond acceptors (Lipinski definition) is 7. The lowest BCUT2D eigenvalue weighted by atomic mass is 9.93. The molecular formula is C22H23Cl2N5O3. The predicted molar refractivity (Wildman–Crippen MR) is 123 cm³/mol. The summed E-state index contributed by atoms with van der Waals surface area (Å²) in [7, 11) is 0. The number of nitrogens with zero attached hydrogens (tertiary/aromatic N) is 4. The van der Waals surface area contributed by atoms with Gasteiger partial charge in [-0.15, -0.1) is 0 Å². The summed E-state index contributed by atoms with van der Waals surface area (Å²) in [6, 6.07) is 3.56. The Labute approximate surface area is 195 Å². The molecule has 8 nitrogen and oxygen atoms in total. The summed E-state index contributed by atoms with van der Waals surface area (Å²) in [4.78, 5) is 25.9. The summed E-state index contributed by atoms with van der Waals surface area (Å²) in [6.45, 7) is 5.47. The molecule has 0 aliphatic carbocycles. The first-order valence-corrected chi connectivity index (χ1v) is 11.3. The molecule has 2 N–H and O–H groups in total. The first-order chi connectivity index (χ1) is 15.3. The number of ether oxygens (including phenoxy) is 1. The minimum atomic E-state index is -0.635. The molecule has 0 radical (unpaired) electrons. The van der Waals surface area contributed by atoms with Crippen LogP contribution in [0.4, 0.5) is 11.7 Å². The van der Waals surface area contributed by atoms with Gasteiger partial charge in [-0.2, -0.15) is 4.98 Å². The molecule has 0 bridgehead atoms. The van der Waals surface area contributed by atoms with Gasteiger partial charge in [-0.1, -0.05) is 23.2 Å². The predicted octanol–water partition coefficient (Wildman–Crippen LogP) is 3.85. The second-order valence-corrected chi connectivity index (χ2v) is 9.16. The Hall–Kier alpha value is -2.55. The number of carbonyl (C=O) groups is 1. The van der Waals surface area contributed by atoms with Gasteiger partial charge in [0.25, 0.3) is 11.9 Å². The quantitative estimate of drug-likeness (QED) is 0.600. The molecule has 1 aromatic carbocycles. The van der Waals surface area contributed by atoms with Crippen LogP contribution in [0.15, 0.2) is 28.9 Å². The number of rotatable bonds is 2. The summed E-state index contributed by atoms with van der Waals surface area (Å²) in [5.74, 6) is -0.0667. The maximum Gasteiger partial charge on any atom is 0.293 e. The fourth-order valence-electron chi connectivity index (χ4n) is 4.76. The molecule has 3 atom stereocenters. The smallest absolute Gasteiger partial charge is 0.293 e. The maximum absolute atomic E-state index is 13.6. The number of benzene rings is 1. The first-order valence-electron chi connectivity index (χ1n) is 10.5. The average Bonchev–Trinajstić information content (AvgIpc) is 3.12. The van der Waals surface area contributed by atoms with Crippen molar-refractivity contribution in [1.29, 1.82) is 0 Å². The zero-order valence-corrected chi connectivity index (χ0v) is 19.2. The Kier molecular flexibility index (Phi) is 5.39. The zero-order valence-electron chi connectivity index (χ0n) is 17.7. The molecule has 2 aliphatic rings. The van der Waals surface area contributed by atoms with E-state index in [0.717, 1.165) is 16.8 Å². The number of halogens is 2. The highest BCUT2D eigenvalue weighted by atomic mass is 35.5. The van der Waals surface area contributed by atoms with Crippen molar-refractivity contribution in [2.24, 2.45) is 0 Å². The largest absolute Gasteiger partial charge is 0.421 e. The highest BCUT2D eigenvalue weighted by Gasteiger charge is 2.38. The summed E-state index contributed by atoms with van der Waals surface area (Å²) >= 11 is 12.7. The summed E-state index contributed by atoms with van der Waals surface area (Å²) in [6.07, 6.45) is 3.20. The van der Waals surface area contributed by atoms with Gasteiger partial charge in [0.05, 0.1) is 31.1 Å². The van der Waals surface area contributed by atoms with Gasteiger partial charge in [0.2, 0.25) is 0 Å². The van der Waals surface area contributed by atoms with Gasteiger partial charge in [0.1, 0.15) is 11.2 Å². The second-order valence-electron chi connectivity index (χ2n) is 8.32. The zero-order chi connectivity index (χ0) is 22.6. The van der Waals surface area contributed by atoms with Gasteiger partial charge in [-0.3, -0.25) is 9.78 Å². The lowest BCUT2D eigenvalue weighted by Gasteiger charge is -2.42. The lowest BCUT2D eigenvalue weighted by molar-refractivity contribution is -0.151. The number of oxazole rings is 1. The van der Waals surface area contributed by atoms with Crippen LogP contribution in [0.1, 0.15) is 31.0 Å². The van der Waals surface area contributed by atoms with Crippen molar-refractivity contribution >= 4 is 51.9 Å². The van der Waals surface area contributed by atoms with Crippen LogP contribution < -0.4 is 10.6 Å². The Balaban J connectivity index is 1.41. The topological polar surface area (TPSA) is 97.7 Å². The maximum atomic E-state index is 13.6. The molecular weight excluding hydrogens is 453 g/mol. The second kappa shape index (κ2) is 8.10. The van der Waals surface area contributed by atoms with E-state index in [-0.39, 0.29) is 24.1 Å². The highest BCUT2D eigenvalue weighted by Crippen LogP contribution is 2.38. The molecule has 168 valence electrons. The van der Waals surface area contributed by atoms with Crippen LogP contribution in [-0.4, -0.2) is 52.6 Å². The van der Waals surface area contributed by atoms with Crippen LogP contribution in [0.2, 0.25) is 10.0 Å². The van der Waals surface area contributed by atoms with E-state index in [1.54, 1.807) is 18.5 Å². The minimum Gasteiger partial charge on any atom is -0.421 e. The lowest BCUT2D eigenvalue weighted by Crippen LogP contribution is -2.55. The van der Waals surface area contributed by atoms with Gasteiger partial charge in [-0.05, 0) is 43.5 Å². The van der Waals surface area contributed by atoms with Gasteiger partial charge in [-0.25, -0.2) is 0 Å². The van der Waals surface area contributed by atoms with Crippen LogP contribution in [0.5, 0.6) is 0 Å². The summed E-state index contributed by atoms with van der Waals surface area (Å²) in [5, 5.41) is 1.19. The van der Waals surface area contributed by atoms with E-state index < -0.39 is 6.10 Å². The number of anilines is 2. The monoisotopic (exact) mass is 475 g/mol. The number of nitrogen functional groups attached to an aromatic ring is 1. The summed E-state index contributed by atoms with van der Waals surface area (Å²) < 4.78 is 11.7. The van der Waals surface area contributed by atoms with Crippen molar-refractivity contribution < 1.29 is 13.9 Å². The molecule has 0 unspecified atom stereocenters. The molecule has 5 rings (SSSR count). The fraction of sp³-hybridized carbons (Fsp3) is 0.409. The molecule has 4 heterocycles. The Morgan fingerprint density at radius 2 is 2.03 bits per heavy atom. The molecule has 0 saturated carbocycles. The van der Waals surface area contributed by atoms with Crippen LogP contribution in [-0.2, 0) is 16.0 Å². The van der Waals surface area contributed by atoms with Crippen molar-refractivity contribution in [3.8, 4) is 0 Å². The first kappa shape index (κ1) is 21.3. The fourth-order valence-corrected chi connectivity index (χ4v) is 5.45. The standard InChI is InChI=1S/C22H23Cl2N5O3/c1-11-9-28(17-8-26-7-16-20(17)32-22(25)27-16)10-18(31-11)21(30)29-4-3-13-5-14(23)6-15(24)19(13)12(29)2/h5-8,11-12,18H,3-4,9-10H2,1-2H3,(H2,25,27)/t11-,12-,18+/m0/s1. The van der Waals surface area contributed by atoms with E-state index in [2.05, 4.69) is 9.97 Å². The van der Waals surface area contributed by atoms with E-state index in [1.807, 2.05) is 29.7 Å². The van der Waals surface area contributed by atoms with Crippen LogP contribution in [0.3, 0.4) is 0 Å². The van der Waals surface area contributed by atoms with Crippen molar-refractivity contribution in [2.45, 2.75) is 38.5 Å². The molecule has 1 amide bonds. The van der Waals surface area contributed by atoms with Crippen LogP contribution in [0, 0.1) is 0 Å². The number of pyridine rings is 1. The highest BCUT2D eigenvalue weighted by molar-refractivity contribution is 6.35. The number of nitrogens with two attached hydrogens (primary N) is 1. The van der Waals surface area contributed by atoms with Crippen LogP contribution in [0.25, 0.3) is 11.1 Å². The molecule has 2 aromatic heterocycles. The third-order valence-electron chi connectivity index (χ3n) is 6.14. The molecule has 1 fully saturated rings. The molecule has 3 aromatic rings. The Morgan fingerprint density at radius 1 is 1.22 bits per heavy atom. The van der Waals surface area contributed by atoms with E-state index in [0.29, 0.717) is 47.2 Å². The Morgan fingerprint density at radius 3 is 2.84 bits per heavy atom. The van der Waals surface area contributed by atoms with Gasteiger partial charge < -0.3 is 24.7 Å². The molecule has 10 heteroatoms. The van der Waals surface area contributed by atoms with Gasteiger partial charge >= 0.3 is 0 Å². The van der Waals surface area contributed by atoms with Crippen LogP contribution >= 0.6 is 23.2 Å². The van der Waals surface area contributed by atoms with Crippen molar-refractivity contribution in [3.63, 3.8) is 0 Å². The minimum absolute atomic E-state index is 0.0667. The van der Waals surface area contributed by atoms with Crippen molar-refractivity contribution in [3.05, 3.63) is 45.7 Å². The van der Waals surface area contributed by atoms with E-state index >= 15 is 0 Å². The van der Waals surface area contributed by atoms with E-state index in [1.165, 1.54) is 0 Å². The normalized spacial score (nSPS) is 23.4. The number of fused-ring (bicyclic) bond motifs is 2. The number of hydrogen-bond donors (Lipinski definition) is 1. The van der Waals surface area contributed by atoms with E-state index in [4.69, 9.17) is 38.1 Å². The SMILES string of the molecule is C[C@H]1CN(c2cncc3nc(N)oc23)C[C@H](C(=O)N2CCc3cc(Cl)cc(Cl)c3[C@@H]2C)O1. The van der Waals surface area contributed by atoms with E-state index in [9.17, 15) is 4.79 Å². The molecule has 0 spiro atoms. The number of morpholine rings is 1. The van der Waals surface area contributed by atoms with Gasteiger partial charge in [0, 0.05) is 23.1 Å². The molecule has 32 heavy (non-hydrogen) atoms. The number of carbonyl (C=O) groups excluding carboxylic acids is 1. The van der Waals surface area contributed by atoms with Crippen molar-refractivity contribution in [2.75, 3.05) is 30.3 Å².